The van der Waals surface area contributed by atoms with E-state index < -0.39 is 6.17 Å². The van der Waals surface area contributed by atoms with Gasteiger partial charge >= 0.3 is 0 Å². The Kier molecular flexibility index (Phi) is 2.26. The van der Waals surface area contributed by atoms with Crippen LogP contribution in [0.4, 0.5) is 4.39 Å². The highest BCUT2D eigenvalue weighted by atomic mass is 19.1. The van der Waals surface area contributed by atoms with Crippen LogP contribution in [0.3, 0.4) is 0 Å². The van der Waals surface area contributed by atoms with E-state index in [0.717, 1.165) is 12.5 Å². The van der Waals surface area contributed by atoms with Gasteiger partial charge < -0.3 is 5.73 Å². The molecule has 1 atom stereocenters. The summed E-state index contributed by atoms with van der Waals surface area (Å²) in [6, 6.07) is 0. The van der Waals surface area contributed by atoms with Gasteiger partial charge in [0.15, 0.2) is 6.17 Å². The van der Waals surface area contributed by atoms with Gasteiger partial charge in [0.05, 0.1) is 6.20 Å². The fraction of sp³-hybridized carbons (Fsp3) is 0.750. The Morgan fingerprint density at radius 2 is 2.46 bits per heavy atom. The second kappa shape index (κ2) is 3.41. The topological polar surface area (TPSA) is 56.7 Å². The van der Waals surface area contributed by atoms with Crippen molar-refractivity contribution in [1.29, 1.82) is 0 Å². The van der Waals surface area contributed by atoms with Gasteiger partial charge in [0, 0.05) is 13.1 Å². The lowest BCUT2D eigenvalue weighted by molar-refractivity contribution is 0.344. The third-order valence-corrected chi connectivity index (χ3v) is 2.23. The zero-order valence-corrected chi connectivity index (χ0v) is 7.36. The van der Waals surface area contributed by atoms with Gasteiger partial charge in [-0.25, -0.2) is 4.39 Å². The number of halogens is 1. The second-order valence-corrected chi connectivity index (χ2v) is 3.51. The molecular formula is C8H13FN4. The van der Waals surface area contributed by atoms with Crippen LogP contribution in [0.25, 0.3) is 0 Å². The standard InChI is InChI=1S/C8H13FN4/c9-7(3-10)8-5-13(12-11-8)4-6-1-2-6/h5-7H,1-4,10H2. The van der Waals surface area contributed by atoms with E-state index in [9.17, 15) is 4.39 Å². The average Bonchev–Trinajstić information content (AvgIpc) is 2.81. The second-order valence-electron chi connectivity index (χ2n) is 3.51. The maximum Gasteiger partial charge on any atom is 0.157 e. The van der Waals surface area contributed by atoms with Crippen LogP contribution in [0.5, 0.6) is 0 Å². The van der Waals surface area contributed by atoms with Crippen molar-refractivity contribution in [1.82, 2.24) is 15.0 Å². The molecular weight excluding hydrogens is 171 g/mol. The van der Waals surface area contributed by atoms with Gasteiger partial charge in [0.25, 0.3) is 0 Å². The van der Waals surface area contributed by atoms with Crippen LogP contribution in [-0.4, -0.2) is 21.5 Å². The molecule has 0 radical (unpaired) electrons. The van der Waals surface area contributed by atoms with Crippen molar-refractivity contribution in [2.45, 2.75) is 25.6 Å². The monoisotopic (exact) mass is 184 g/mol. The molecule has 13 heavy (non-hydrogen) atoms. The molecule has 0 spiro atoms. The highest BCUT2D eigenvalue weighted by Crippen LogP contribution is 2.30. The summed E-state index contributed by atoms with van der Waals surface area (Å²) in [4.78, 5) is 0. The molecule has 5 heteroatoms. The summed E-state index contributed by atoms with van der Waals surface area (Å²) < 4.78 is 14.7. The van der Waals surface area contributed by atoms with Crippen molar-refractivity contribution >= 4 is 0 Å². The molecule has 2 N–H and O–H groups in total. The summed E-state index contributed by atoms with van der Waals surface area (Å²) in [6.45, 7) is 0.840. The van der Waals surface area contributed by atoms with Crippen LogP contribution < -0.4 is 5.73 Å². The normalized spacial score (nSPS) is 18.9. The Morgan fingerprint density at radius 3 is 3.08 bits per heavy atom. The molecule has 1 saturated carbocycles. The van der Waals surface area contributed by atoms with Crippen LogP contribution in [0.2, 0.25) is 0 Å². The minimum absolute atomic E-state index is 0.0257. The molecule has 1 aliphatic carbocycles. The Morgan fingerprint density at radius 1 is 1.69 bits per heavy atom. The first-order chi connectivity index (χ1) is 6.29. The number of hydrogen-bond donors (Lipinski definition) is 1. The van der Waals surface area contributed by atoms with Crippen molar-refractivity contribution in [3.63, 3.8) is 0 Å². The highest BCUT2D eigenvalue weighted by Gasteiger charge is 2.22. The van der Waals surface area contributed by atoms with Gasteiger partial charge in [0.1, 0.15) is 5.69 Å². The van der Waals surface area contributed by atoms with Gasteiger partial charge in [0.2, 0.25) is 0 Å². The first-order valence-electron chi connectivity index (χ1n) is 4.53. The lowest BCUT2D eigenvalue weighted by Gasteiger charge is -1.97. The lowest BCUT2D eigenvalue weighted by Crippen LogP contribution is -2.07. The minimum atomic E-state index is -1.17. The molecule has 0 amide bonds. The van der Waals surface area contributed by atoms with Crippen molar-refractivity contribution in [3.05, 3.63) is 11.9 Å². The summed E-state index contributed by atoms with van der Waals surface area (Å²) in [7, 11) is 0. The van der Waals surface area contributed by atoms with Crippen molar-refractivity contribution in [3.8, 4) is 0 Å². The molecule has 2 rings (SSSR count). The van der Waals surface area contributed by atoms with E-state index in [2.05, 4.69) is 10.3 Å². The van der Waals surface area contributed by atoms with Crippen LogP contribution in [0.15, 0.2) is 6.20 Å². The number of aromatic nitrogens is 3. The van der Waals surface area contributed by atoms with E-state index in [-0.39, 0.29) is 6.54 Å². The number of rotatable bonds is 4. The molecule has 1 heterocycles. The predicted molar refractivity (Wildman–Crippen MR) is 45.6 cm³/mol. The number of hydrogen-bond acceptors (Lipinski definition) is 3. The summed E-state index contributed by atoms with van der Waals surface area (Å²) >= 11 is 0. The van der Waals surface area contributed by atoms with Crippen LogP contribution >= 0.6 is 0 Å². The van der Waals surface area contributed by atoms with Gasteiger partial charge in [-0.1, -0.05) is 5.21 Å². The predicted octanol–water partition coefficient (Wildman–Crippen LogP) is 0.657. The molecule has 0 aromatic carbocycles. The average molecular weight is 184 g/mol. The van der Waals surface area contributed by atoms with Crippen LogP contribution in [-0.2, 0) is 6.54 Å². The third kappa shape index (κ3) is 2.03. The van der Waals surface area contributed by atoms with Gasteiger partial charge in [-0.15, -0.1) is 5.10 Å². The highest BCUT2D eigenvalue weighted by molar-refractivity contribution is 4.98. The fourth-order valence-electron chi connectivity index (χ4n) is 1.23. The van der Waals surface area contributed by atoms with Gasteiger partial charge in [-0.05, 0) is 18.8 Å². The maximum atomic E-state index is 13.0. The van der Waals surface area contributed by atoms with E-state index in [1.807, 2.05) is 0 Å². The number of alkyl halides is 1. The quantitative estimate of drug-likeness (QED) is 0.747. The van der Waals surface area contributed by atoms with Gasteiger partial charge in [-0.3, -0.25) is 4.68 Å². The Hall–Kier alpha value is -0.970. The molecule has 0 bridgehead atoms. The third-order valence-electron chi connectivity index (χ3n) is 2.23. The smallest absolute Gasteiger partial charge is 0.157 e. The van der Waals surface area contributed by atoms with Gasteiger partial charge in [-0.2, -0.15) is 0 Å². The Balaban J connectivity index is 1.99. The summed E-state index contributed by atoms with van der Waals surface area (Å²) in [5, 5.41) is 7.56. The van der Waals surface area contributed by atoms with Crippen molar-refractivity contribution in [2.24, 2.45) is 11.7 Å². The molecule has 1 aromatic rings. The van der Waals surface area contributed by atoms with E-state index in [4.69, 9.17) is 5.73 Å². The van der Waals surface area contributed by atoms with E-state index in [1.54, 1.807) is 10.9 Å². The summed E-state index contributed by atoms with van der Waals surface area (Å²) in [5.74, 6) is 0.727. The zero-order chi connectivity index (χ0) is 9.26. The molecule has 0 aliphatic heterocycles. The molecule has 1 aromatic heterocycles. The lowest BCUT2D eigenvalue weighted by atomic mass is 10.3. The molecule has 4 nitrogen and oxygen atoms in total. The Bertz CT molecular complexity index is 281. The number of nitrogens with two attached hydrogens (primary N) is 1. The molecule has 0 saturated heterocycles. The largest absolute Gasteiger partial charge is 0.327 e. The number of nitrogens with zero attached hydrogens (tertiary/aromatic N) is 3. The molecule has 1 unspecified atom stereocenters. The van der Waals surface area contributed by atoms with E-state index in [0.29, 0.717) is 5.69 Å². The van der Waals surface area contributed by atoms with Crippen LogP contribution in [0, 0.1) is 5.92 Å². The fourth-order valence-corrected chi connectivity index (χ4v) is 1.23. The van der Waals surface area contributed by atoms with E-state index >= 15 is 0 Å². The Labute approximate surface area is 75.9 Å². The first kappa shape index (κ1) is 8.62. The molecule has 72 valence electrons. The summed E-state index contributed by atoms with van der Waals surface area (Å²) in [5.41, 5.74) is 5.53. The maximum absolute atomic E-state index is 13.0. The van der Waals surface area contributed by atoms with Crippen LogP contribution in [0.1, 0.15) is 24.7 Å². The summed E-state index contributed by atoms with van der Waals surface area (Å²) in [6.07, 6.45) is 2.99. The zero-order valence-electron chi connectivity index (χ0n) is 7.36. The van der Waals surface area contributed by atoms with E-state index in [1.165, 1.54) is 12.8 Å². The van der Waals surface area contributed by atoms with Crippen molar-refractivity contribution < 1.29 is 4.39 Å². The molecule has 1 fully saturated rings. The minimum Gasteiger partial charge on any atom is -0.327 e. The SMILES string of the molecule is NCC(F)c1cn(CC2CC2)nn1. The molecule has 1 aliphatic rings. The first-order valence-corrected chi connectivity index (χ1v) is 4.53. The van der Waals surface area contributed by atoms with Crippen molar-refractivity contribution in [2.75, 3.05) is 6.54 Å².